The van der Waals surface area contributed by atoms with E-state index >= 15 is 0 Å². The molecule has 2 fully saturated rings. The molecule has 2 aliphatic rings. The van der Waals surface area contributed by atoms with Crippen LogP contribution in [-0.2, 0) is 14.8 Å². The minimum atomic E-state index is -3.82. The second-order valence-corrected chi connectivity index (χ2v) is 9.96. The fraction of sp³-hybridized carbons (Fsp3) is 0.450. The summed E-state index contributed by atoms with van der Waals surface area (Å²) in [6, 6.07) is 12.0. The Balaban J connectivity index is 1.62. The Morgan fingerprint density at radius 2 is 1.80 bits per heavy atom. The summed E-state index contributed by atoms with van der Waals surface area (Å²) < 4.78 is 28.2. The minimum absolute atomic E-state index is 0.0176. The van der Waals surface area contributed by atoms with E-state index in [9.17, 15) is 23.3 Å². The van der Waals surface area contributed by atoms with Gasteiger partial charge >= 0.3 is 7.12 Å². The Bertz CT molecular complexity index is 1040. The topological polar surface area (TPSA) is 124 Å². The predicted molar refractivity (Wildman–Crippen MR) is 114 cm³/mol. The number of hydrogen-bond acceptors (Lipinski definition) is 6. The molecule has 2 aromatic rings. The van der Waals surface area contributed by atoms with Crippen molar-refractivity contribution in [2.24, 2.45) is 11.7 Å². The zero-order valence-electron chi connectivity index (χ0n) is 16.6. The Hall–Kier alpha value is -1.98. The molecule has 0 bridgehead atoms. The van der Waals surface area contributed by atoms with Crippen LogP contribution < -0.4 is 5.73 Å². The lowest BCUT2D eigenvalue weighted by atomic mass is 9.77. The number of benzene rings is 2. The summed E-state index contributed by atoms with van der Waals surface area (Å²) >= 11 is 0. The first-order valence-electron chi connectivity index (χ1n) is 10.2. The number of fused-ring (bicyclic) bond motifs is 1. The summed E-state index contributed by atoms with van der Waals surface area (Å²) in [5.74, 6) is -1.70. The Kier molecular flexibility index (Phi) is 5.87. The number of hydrogen-bond donors (Lipinski definition) is 3. The first-order valence-corrected chi connectivity index (χ1v) is 11.6. The van der Waals surface area contributed by atoms with E-state index in [2.05, 4.69) is 0 Å². The average molecular weight is 431 g/mol. The van der Waals surface area contributed by atoms with Crippen molar-refractivity contribution in [3.05, 3.63) is 42.5 Å². The van der Waals surface area contributed by atoms with Gasteiger partial charge in [0.25, 0.3) is 0 Å². The third-order valence-electron chi connectivity index (χ3n) is 6.24. The fourth-order valence-electron chi connectivity index (χ4n) is 4.57. The van der Waals surface area contributed by atoms with Crippen molar-refractivity contribution in [1.29, 1.82) is 0 Å². The number of likely N-dealkylation sites (tertiary alicyclic amines) is 1. The quantitative estimate of drug-likeness (QED) is 0.594. The molecule has 0 unspecified atom stereocenters. The lowest BCUT2D eigenvalue weighted by molar-refractivity contribution is -0.137. The molecule has 1 amide bonds. The molecule has 2 aromatic carbocycles. The molecular weight excluding hydrogens is 405 g/mol. The largest absolute Gasteiger partial charge is 0.475 e. The van der Waals surface area contributed by atoms with Gasteiger partial charge in [-0.25, -0.2) is 8.42 Å². The van der Waals surface area contributed by atoms with Gasteiger partial charge in [-0.3, -0.25) is 4.79 Å². The number of nitrogens with two attached hydrogens (primary N) is 1. The van der Waals surface area contributed by atoms with Crippen LogP contribution in [0.1, 0.15) is 19.3 Å². The summed E-state index contributed by atoms with van der Waals surface area (Å²) in [5.41, 5.74) is 6.21. The lowest BCUT2D eigenvalue weighted by Crippen LogP contribution is -2.57. The van der Waals surface area contributed by atoms with E-state index in [1.807, 2.05) is 18.2 Å². The molecule has 160 valence electrons. The Labute approximate surface area is 176 Å². The molecule has 0 aliphatic carbocycles. The zero-order chi connectivity index (χ0) is 21.5. The molecule has 2 aliphatic heterocycles. The molecule has 0 radical (unpaired) electrons. The fourth-order valence-corrected chi connectivity index (χ4v) is 6.26. The first-order chi connectivity index (χ1) is 14.3. The van der Waals surface area contributed by atoms with E-state index in [-0.39, 0.29) is 23.9 Å². The highest BCUT2D eigenvalue weighted by molar-refractivity contribution is 7.89. The second-order valence-electron chi connectivity index (χ2n) is 8.05. The van der Waals surface area contributed by atoms with Crippen molar-refractivity contribution in [3.63, 3.8) is 0 Å². The number of carbonyl (C=O) groups excluding carboxylic acids is 1. The van der Waals surface area contributed by atoms with Gasteiger partial charge < -0.3 is 20.7 Å². The molecular formula is C20H26BN3O5S. The number of nitrogens with zero attached hydrogens (tertiary/aromatic N) is 2. The van der Waals surface area contributed by atoms with Gasteiger partial charge in [-0.2, -0.15) is 4.31 Å². The van der Waals surface area contributed by atoms with Crippen molar-refractivity contribution >= 4 is 33.8 Å². The van der Waals surface area contributed by atoms with E-state index < -0.39 is 35.0 Å². The number of carbonyl (C=O) groups is 1. The summed E-state index contributed by atoms with van der Waals surface area (Å²) in [6.07, 6.45) is 1.54. The monoisotopic (exact) mass is 431 g/mol. The van der Waals surface area contributed by atoms with Crippen molar-refractivity contribution in [2.75, 3.05) is 19.6 Å². The predicted octanol–water partition coefficient (Wildman–Crippen LogP) is 0.181. The van der Waals surface area contributed by atoms with Crippen LogP contribution in [0.25, 0.3) is 10.8 Å². The Morgan fingerprint density at radius 3 is 2.57 bits per heavy atom. The van der Waals surface area contributed by atoms with Gasteiger partial charge in [0.1, 0.15) is 0 Å². The lowest BCUT2D eigenvalue weighted by Gasteiger charge is -2.38. The van der Waals surface area contributed by atoms with E-state index in [0.29, 0.717) is 31.2 Å². The highest BCUT2D eigenvalue weighted by Gasteiger charge is 2.44. The molecule has 4 rings (SSSR count). The van der Waals surface area contributed by atoms with Gasteiger partial charge in [-0.1, -0.05) is 36.4 Å². The summed E-state index contributed by atoms with van der Waals surface area (Å²) in [4.78, 5) is 14.8. The maximum atomic E-state index is 13.5. The molecule has 2 heterocycles. The number of amides is 1. The van der Waals surface area contributed by atoms with Crippen molar-refractivity contribution in [3.8, 4) is 0 Å². The minimum Gasteiger partial charge on any atom is -0.426 e. The van der Waals surface area contributed by atoms with Crippen molar-refractivity contribution in [1.82, 2.24) is 9.21 Å². The van der Waals surface area contributed by atoms with Gasteiger partial charge in [-0.05, 0) is 30.7 Å². The van der Waals surface area contributed by atoms with Crippen molar-refractivity contribution < 1.29 is 23.3 Å². The van der Waals surface area contributed by atoms with Gasteiger partial charge in [0.2, 0.25) is 15.9 Å². The molecule has 0 spiro atoms. The van der Waals surface area contributed by atoms with Crippen LogP contribution in [0, 0.1) is 5.92 Å². The van der Waals surface area contributed by atoms with Crippen LogP contribution in [0.4, 0.5) is 0 Å². The van der Waals surface area contributed by atoms with Gasteiger partial charge in [0.05, 0.1) is 16.8 Å². The average Bonchev–Trinajstić information content (AvgIpc) is 3.23. The molecule has 2 saturated heterocycles. The van der Waals surface area contributed by atoms with Gasteiger partial charge in [-0.15, -0.1) is 0 Å². The highest BCUT2D eigenvalue weighted by atomic mass is 32.2. The second kappa shape index (κ2) is 8.28. The summed E-state index contributed by atoms with van der Waals surface area (Å²) in [5, 5.41) is 20.7. The molecule has 3 atom stereocenters. The molecule has 0 aromatic heterocycles. The summed E-state index contributed by atoms with van der Waals surface area (Å²) in [7, 11) is -5.44. The molecule has 10 heteroatoms. The van der Waals surface area contributed by atoms with Crippen LogP contribution in [0.5, 0.6) is 0 Å². The molecule has 4 N–H and O–H groups in total. The van der Waals surface area contributed by atoms with Crippen LogP contribution in [0.15, 0.2) is 47.4 Å². The van der Waals surface area contributed by atoms with Crippen LogP contribution >= 0.6 is 0 Å². The van der Waals surface area contributed by atoms with Crippen LogP contribution in [-0.4, -0.2) is 72.3 Å². The van der Waals surface area contributed by atoms with E-state index in [4.69, 9.17) is 5.73 Å². The van der Waals surface area contributed by atoms with Gasteiger partial charge in [0.15, 0.2) is 0 Å². The van der Waals surface area contributed by atoms with E-state index in [1.165, 1.54) is 9.21 Å². The van der Waals surface area contributed by atoms with Crippen LogP contribution in [0.3, 0.4) is 0 Å². The van der Waals surface area contributed by atoms with Crippen LogP contribution in [0.2, 0.25) is 0 Å². The van der Waals surface area contributed by atoms with E-state index in [0.717, 1.165) is 5.39 Å². The van der Waals surface area contributed by atoms with E-state index in [1.54, 1.807) is 24.3 Å². The van der Waals surface area contributed by atoms with Gasteiger partial charge in [0, 0.05) is 31.1 Å². The normalized spacial score (nSPS) is 25.6. The molecule has 0 saturated carbocycles. The van der Waals surface area contributed by atoms with Crippen molar-refractivity contribution in [2.45, 2.75) is 36.1 Å². The third kappa shape index (κ3) is 3.74. The zero-order valence-corrected chi connectivity index (χ0v) is 17.4. The maximum absolute atomic E-state index is 13.5. The molecule has 30 heavy (non-hydrogen) atoms. The number of rotatable bonds is 4. The smallest absolute Gasteiger partial charge is 0.426 e. The maximum Gasteiger partial charge on any atom is 0.475 e. The number of piperidine rings is 1. The first kappa shape index (κ1) is 21.3. The third-order valence-corrected chi connectivity index (χ3v) is 8.16. The SMILES string of the molecule is N[C@@H]1CCN(S(=O)(=O)c2cccc3ccccc23)C[C@H]1C(=O)N1CCC[C@H]1B(O)O. The number of sulfonamides is 1. The summed E-state index contributed by atoms with van der Waals surface area (Å²) in [6.45, 7) is 0.638. The Morgan fingerprint density at radius 1 is 1.07 bits per heavy atom. The highest BCUT2D eigenvalue weighted by Crippen LogP contribution is 2.30. The molecule has 8 nitrogen and oxygen atoms in total. The standard InChI is InChI=1S/C20H26BN3O5S/c22-17-10-12-23(13-16(17)20(25)24-11-4-9-19(24)21(26)27)30(28,29)18-8-3-6-14-5-1-2-7-15(14)18/h1-3,5-8,16-17,19,26-27H,4,9-13,22H2/t16-,17-,19+/m1/s1.